The molecule has 35 heavy (non-hydrogen) atoms. The third kappa shape index (κ3) is 6.87. The van der Waals surface area contributed by atoms with Crippen molar-refractivity contribution in [3.05, 3.63) is 106 Å². The van der Waals surface area contributed by atoms with Crippen molar-refractivity contribution in [2.75, 3.05) is 4.31 Å². The van der Waals surface area contributed by atoms with Gasteiger partial charge in [-0.1, -0.05) is 91.0 Å². The van der Waals surface area contributed by atoms with E-state index in [4.69, 9.17) is 5.53 Å². The van der Waals surface area contributed by atoms with Crippen LogP contribution >= 0.6 is 0 Å². The zero-order chi connectivity index (χ0) is 25.5. The number of benzene rings is 3. The minimum Gasteiger partial charge on any atom is -0.200 e. The number of para-hydroxylation sites is 1. The summed E-state index contributed by atoms with van der Waals surface area (Å²) in [5, 5.41) is 3.67. The molecule has 6 nitrogen and oxygen atoms in total. The molecule has 0 saturated carbocycles. The predicted molar refractivity (Wildman–Crippen MR) is 147 cm³/mol. The first-order valence-corrected chi connectivity index (χ1v) is 16.3. The van der Waals surface area contributed by atoms with Crippen LogP contribution in [0.2, 0.25) is 25.7 Å². The molecule has 0 bridgehead atoms. The largest absolute Gasteiger partial charge is 0.275 e. The molecule has 0 radical (unpaired) electrons. The Kier molecular flexibility index (Phi) is 8.20. The molecule has 0 aliphatic rings. The van der Waals surface area contributed by atoms with Gasteiger partial charge in [0.05, 0.1) is 16.3 Å². The summed E-state index contributed by atoms with van der Waals surface area (Å²) in [6.07, 6.45) is 4.06. The van der Waals surface area contributed by atoms with Gasteiger partial charge in [-0.25, -0.2) is 8.42 Å². The van der Waals surface area contributed by atoms with Crippen molar-refractivity contribution in [2.24, 2.45) is 5.11 Å². The van der Waals surface area contributed by atoms with E-state index in [0.717, 1.165) is 21.5 Å². The number of hydrogen-bond donors (Lipinski definition) is 0. The molecule has 0 aromatic heterocycles. The van der Waals surface area contributed by atoms with Crippen LogP contribution in [0.25, 0.3) is 16.5 Å². The van der Waals surface area contributed by atoms with E-state index in [1.807, 2.05) is 25.1 Å². The van der Waals surface area contributed by atoms with Crippen molar-refractivity contribution in [1.82, 2.24) is 0 Å². The van der Waals surface area contributed by atoms with Crippen LogP contribution in [0, 0.1) is 18.9 Å². The molecule has 0 N–H and O–H groups in total. The van der Waals surface area contributed by atoms with E-state index in [0.29, 0.717) is 16.9 Å². The van der Waals surface area contributed by atoms with Gasteiger partial charge in [-0.05, 0) is 54.2 Å². The first-order valence-electron chi connectivity index (χ1n) is 11.2. The van der Waals surface area contributed by atoms with Crippen molar-refractivity contribution in [3.8, 4) is 12.0 Å². The quantitative estimate of drug-likeness (QED) is 0.0840. The third-order valence-electron chi connectivity index (χ3n) is 5.09. The average Bonchev–Trinajstić information content (AvgIpc) is 2.81. The maximum Gasteiger partial charge on any atom is 0.275 e. The van der Waals surface area contributed by atoms with Crippen LogP contribution in [0.1, 0.15) is 16.7 Å². The molecule has 3 rings (SSSR count). The highest BCUT2D eigenvalue weighted by Gasteiger charge is 2.25. The van der Waals surface area contributed by atoms with Gasteiger partial charge in [0.25, 0.3) is 10.0 Å². The van der Waals surface area contributed by atoms with Crippen molar-refractivity contribution in [1.29, 1.82) is 0 Å². The van der Waals surface area contributed by atoms with Gasteiger partial charge in [0.1, 0.15) is 0 Å². The minimum atomic E-state index is -4.01. The summed E-state index contributed by atoms with van der Waals surface area (Å²) in [7, 11) is -5.32. The fraction of sp³-hybridized carbons (Fsp3) is 0.185. The molecule has 3 aromatic rings. The summed E-state index contributed by atoms with van der Waals surface area (Å²) in [6.45, 7) is 8.75. The Morgan fingerprint density at radius 2 is 1.66 bits per heavy atom. The Morgan fingerprint density at radius 1 is 1.00 bits per heavy atom. The van der Waals surface area contributed by atoms with E-state index < -0.39 is 18.1 Å². The number of nitrogens with zero attached hydrogens (tertiary/aromatic N) is 4. The smallest absolute Gasteiger partial charge is 0.200 e. The Labute approximate surface area is 208 Å². The second-order valence-electron chi connectivity index (χ2n) is 9.25. The highest BCUT2D eigenvalue weighted by atomic mass is 32.2. The molecule has 0 fully saturated rings. The lowest BCUT2D eigenvalue weighted by Gasteiger charge is -2.20. The maximum absolute atomic E-state index is 13.8. The van der Waals surface area contributed by atoms with E-state index >= 15 is 0 Å². The number of hydrogen-bond acceptors (Lipinski definition) is 3. The van der Waals surface area contributed by atoms with Gasteiger partial charge in [0, 0.05) is 24.6 Å². The summed E-state index contributed by atoms with van der Waals surface area (Å²) < 4.78 is 28.7. The van der Waals surface area contributed by atoms with Crippen molar-refractivity contribution in [3.63, 3.8) is 0 Å². The second kappa shape index (κ2) is 11.1. The van der Waals surface area contributed by atoms with E-state index in [9.17, 15) is 8.42 Å². The number of azide groups is 1. The molecule has 178 valence electrons. The van der Waals surface area contributed by atoms with Gasteiger partial charge in [-0.3, -0.25) is 0 Å². The fourth-order valence-electron chi connectivity index (χ4n) is 3.24. The summed E-state index contributed by atoms with van der Waals surface area (Å²) in [5.41, 5.74) is 11.8. The average molecular weight is 501 g/mol. The van der Waals surface area contributed by atoms with Crippen LogP contribution in [0.4, 0.5) is 11.4 Å². The Hall–Kier alpha value is -3.76. The van der Waals surface area contributed by atoms with Gasteiger partial charge in [0.2, 0.25) is 0 Å². The lowest BCUT2D eigenvalue weighted by atomic mass is 10.1. The summed E-state index contributed by atoms with van der Waals surface area (Å²) in [5.74, 6) is 2.91. The number of allylic oxidation sites excluding steroid dienone is 1. The lowest BCUT2D eigenvalue weighted by molar-refractivity contribution is 0.596. The van der Waals surface area contributed by atoms with Gasteiger partial charge >= 0.3 is 0 Å². The van der Waals surface area contributed by atoms with E-state index in [-0.39, 0.29) is 4.90 Å². The first-order chi connectivity index (χ1) is 16.6. The van der Waals surface area contributed by atoms with Gasteiger partial charge in [0.15, 0.2) is 0 Å². The van der Waals surface area contributed by atoms with E-state index in [1.54, 1.807) is 60.7 Å². The zero-order valence-electron chi connectivity index (χ0n) is 20.3. The second-order valence-corrected chi connectivity index (χ2v) is 16.6. The van der Waals surface area contributed by atoms with E-state index in [1.165, 1.54) is 0 Å². The number of aryl methyl sites for hydroxylation is 1. The van der Waals surface area contributed by atoms with Crippen LogP contribution in [0.3, 0.4) is 0 Å². The molecule has 0 aliphatic carbocycles. The van der Waals surface area contributed by atoms with Gasteiger partial charge in [-0.2, -0.15) is 4.31 Å². The summed E-state index contributed by atoms with van der Waals surface area (Å²) >= 11 is 0. The normalized spacial score (nSPS) is 11.4. The number of sulfonamides is 1. The SMILES string of the molecule is Cc1ccc(S(=O)(=O)N(C#Cc2ccccc2N=[N+]=[N-])c2ccccc2/C=C/C[Si](C)(C)C)cc1. The van der Waals surface area contributed by atoms with Gasteiger partial charge < -0.3 is 0 Å². The van der Waals surface area contributed by atoms with Crippen molar-refractivity contribution >= 4 is 35.5 Å². The van der Waals surface area contributed by atoms with E-state index in [2.05, 4.69) is 47.7 Å². The molecule has 0 unspecified atom stereocenters. The molecule has 0 atom stereocenters. The molecule has 0 spiro atoms. The third-order valence-corrected chi connectivity index (χ3v) is 8.19. The highest BCUT2D eigenvalue weighted by molar-refractivity contribution is 7.93. The highest BCUT2D eigenvalue weighted by Crippen LogP contribution is 2.29. The number of rotatable bonds is 7. The molecular weight excluding hydrogens is 472 g/mol. The van der Waals surface area contributed by atoms with Crippen LogP contribution in [0.5, 0.6) is 0 Å². The molecule has 0 aliphatic heterocycles. The molecule has 0 heterocycles. The molecule has 8 heteroatoms. The summed E-state index contributed by atoms with van der Waals surface area (Å²) in [6, 6.07) is 24.6. The Balaban J connectivity index is 2.18. The minimum absolute atomic E-state index is 0.140. The number of anilines is 1. The van der Waals surface area contributed by atoms with Gasteiger partial charge in [-0.15, -0.1) is 0 Å². The van der Waals surface area contributed by atoms with Crippen LogP contribution < -0.4 is 4.31 Å². The van der Waals surface area contributed by atoms with Crippen molar-refractivity contribution in [2.45, 2.75) is 37.5 Å². The first kappa shape index (κ1) is 25.9. The van der Waals surface area contributed by atoms with Crippen LogP contribution in [0.15, 0.2) is 88.9 Å². The van der Waals surface area contributed by atoms with Crippen LogP contribution in [-0.4, -0.2) is 16.5 Å². The Bertz CT molecular complexity index is 1440. The fourth-order valence-corrected chi connectivity index (χ4v) is 5.35. The molecule has 0 amide bonds. The molecule has 3 aromatic carbocycles. The molecular formula is C27H28N4O2SSi. The van der Waals surface area contributed by atoms with Crippen LogP contribution in [-0.2, 0) is 10.0 Å². The van der Waals surface area contributed by atoms with Crippen molar-refractivity contribution < 1.29 is 8.42 Å². The lowest BCUT2D eigenvalue weighted by Crippen LogP contribution is -2.27. The predicted octanol–water partition coefficient (Wildman–Crippen LogP) is 7.49. The standard InChI is InChI=1S/C27H28N4O2SSi/c1-22-15-17-25(18-16-22)34(32,33)31(20-19-23-10-5-7-13-26(23)29-30-28)27-14-8-6-11-24(27)12-9-21-35(2,3)4/h5-18H,21H2,1-4H3/b12-9+. The maximum atomic E-state index is 13.8. The topological polar surface area (TPSA) is 86.1 Å². The zero-order valence-corrected chi connectivity index (χ0v) is 22.1. The summed E-state index contributed by atoms with van der Waals surface area (Å²) in [4.78, 5) is 2.98. The Morgan fingerprint density at radius 3 is 2.34 bits per heavy atom. The molecule has 0 saturated heterocycles. The monoisotopic (exact) mass is 500 g/mol.